The van der Waals surface area contributed by atoms with Crippen molar-refractivity contribution in [1.29, 1.82) is 0 Å². The molecular formula is C16H19N3O3. The fraction of sp³-hybridized carbons (Fsp3) is 0.562. The third kappa shape index (κ3) is 1.80. The molecule has 0 spiro atoms. The number of fused-ring (bicyclic) bond motifs is 1. The molecule has 1 atom stereocenters. The zero-order valence-corrected chi connectivity index (χ0v) is 13.0. The number of rotatable bonds is 2. The monoisotopic (exact) mass is 301 g/mol. The molecule has 2 fully saturated rings. The Hall–Kier alpha value is -1.95. The van der Waals surface area contributed by atoms with Crippen LogP contribution >= 0.6 is 0 Å². The van der Waals surface area contributed by atoms with Crippen molar-refractivity contribution in [2.24, 2.45) is 11.3 Å². The number of ether oxygens (including phenoxy) is 1. The van der Waals surface area contributed by atoms with Crippen LogP contribution in [0.25, 0.3) is 5.57 Å². The molecule has 0 aromatic carbocycles. The van der Waals surface area contributed by atoms with Crippen molar-refractivity contribution < 1.29 is 13.9 Å². The van der Waals surface area contributed by atoms with E-state index in [1.807, 2.05) is 27.0 Å². The summed E-state index contributed by atoms with van der Waals surface area (Å²) in [4.78, 5) is 14.1. The second-order valence-corrected chi connectivity index (χ2v) is 6.78. The summed E-state index contributed by atoms with van der Waals surface area (Å²) in [7, 11) is 1.84. The lowest BCUT2D eigenvalue weighted by Gasteiger charge is -2.25. The van der Waals surface area contributed by atoms with Crippen LogP contribution in [0.1, 0.15) is 38.0 Å². The smallest absolute Gasteiger partial charge is 0.247 e. The summed E-state index contributed by atoms with van der Waals surface area (Å²) < 4.78 is 10.9. The first-order valence-corrected chi connectivity index (χ1v) is 7.60. The molecule has 2 saturated heterocycles. The maximum absolute atomic E-state index is 12.4. The van der Waals surface area contributed by atoms with Crippen LogP contribution in [0, 0.1) is 11.3 Å². The van der Waals surface area contributed by atoms with Gasteiger partial charge in [-0.3, -0.25) is 4.79 Å². The molecule has 0 saturated carbocycles. The molecule has 116 valence electrons. The molecule has 1 aromatic heterocycles. The maximum Gasteiger partial charge on any atom is 0.247 e. The first kappa shape index (κ1) is 13.7. The molecule has 0 N–H and O–H groups in total. The van der Waals surface area contributed by atoms with Crippen LogP contribution in [-0.4, -0.2) is 41.3 Å². The van der Waals surface area contributed by atoms with E-state index < -0.39 is 0 Å². The lowest BCUT2D eigenvalue weighted by molar-refractivity contribution is -0.133. The highest BCUT2D eigenvalue weighted by Gasteiger charge is 2.49. The van der Waals surface area contributed by atoms with Gasteiger partial charge in [0.25, 0.3) is 0 Å². The number of amides is 1. The summed E-state index contributed by atoms with van der Waals surface area (Å²) in [6, 6.07) is 0. The first-order valence-electron chi connectivity index (χ1n) is 7.60. The Kier molecular flexibility index (Phi) is 2.81. The van der Waals surface area contributed by atoms with Gasteiger partial charge in [-0.15, -0.1) is 10.2 Å². The second kappa shape index (κ2) is 4.52. The first-order chi connectivity index (χ1) is 10.5. The average molecular weight is 301 g/mol. The van der Waals surface area contributed by atoms with Crippen LogP contribution in [0.5, 0.6) is 0 Å². The number of nitrogens with zero attached hydrogens (tertiary/aromatic N) is 3. The predicted molar refractivity (Wildman–Crippen MR) is 78.6 cm³/mol. The predicted octanol–water partition coefficient (Wildman–Crippen LogP) is 1.97. The number of carbonyl (C=O) groups is 1. The Balaban J connectivity index is 1.64. The van der Waals surface area contributed by atoms with Gasteiger partial charge in [0.2, 0.25) is 17.7 Å². The van der Waals surface area contributed by atoms with Crippen molar-refractivity contribution in [3.8, 4) is 0 Å². The Morgan fingerprint density at radius 2 is 2.09 bits per heavy atom. The van der Waals surface area contributed by atoms with Gasteiger partial charge >= 0.3 is 0 Å². The number of allylic oxidation sites excluding steroid dienone is 4. The largest absolute Gasteiger partial charge is 0.420 e. The van der Waals surface area contributed by atoms with E-state index in [-0.39, 0.29) is 23.2 Å². The molecule has 1 aliphatic carbocycles. The van der Waals surface area contributed by atoms with Gasteiger partial charge in [0, 0.05) is 24.2 Å². The van der Waals surface area contributed by atoms with E-state index in [0.29, 0.717) is 25.0 Å². The molecule has 1 amide bonds. The molecule has 3 heterocycles. The summed E-state index contributed by atoms with van der Waals surface area (Å²) in [6.45, 7) is 5.32. The minimum absolute atomic E-state index is 0.163. The topological polar surface area (TPSA) is 68.5 Å². The number of hydrogen-bond donors (Lipinski definition) is 0. The van der Waals surface area contributed by atoms with E-state index in [4.69, 9.17) is 9.15 Å². The zero-order valence-electron chi connectivity index (χ0n) is 13.0. The third-order valence-corrected chi connectivity index (χ3v) is 5.02. The van der Waals surface area contributed by atoms with Gasteiger partial charge in [-0.05, 0) is 12.5 Å². The lowest BCUT2D eigenvalue weighted by Crippen LogP contribution is -2.29. The quantitative estimate of drug-likeness (QED) is 0.835. The molecule has 3 aliphatic rings. The second-order valence-electron chi connectivity index (χ2n) is 6.78. The third-order valence-electron chi connectivity index (χ3n) is 5.02. The van der Waals surface area contributed by atoms with Crippen molar-refractivity contribution in [2.75, 3.05) is 20.3 Å². The van der Waals surface area contributed by atoms with E-state index in [1.54, 1.807) is 4.90 Å². The summed E-state index contributed by atoms with van der Waals surface area (Å²) >= 11 is 0. The molecule has 22 heavy (non-hydrogen) atoms. The Labute approximate surface area is 128 Å². The van der Waals surface area contributed by atoms with E-state index in [2.05, 4.69) is 16.3 Å². The molecule has 0 bridgehead atoms. The highest BCUT2D eigenvalue weighted by Crippen LogP contribution is 2.48. The van der Waals surface area contributed by atoms with Crippen LogP contribution in [0.2, 0.25) is 0 Å². The normalized spacial score (nSPS) is 27.3. The molecule has 6 nitrogen and oxygen atoms in total. The van der Waals surface area contributed by atoms with Crippen LogP contribution in [0.3, 0.4) is 0 Å². The number of likely N-dealkylation sites (tertiary alicyclic amines) is 1. The van der Waals surface area contributed by atoms with Crippen LogP contribution < -0.4 is 0 Å². The van der Waals surface area contributed by atoms with Gasteiger partial charge in [0.05, 0.1) is 24.5 Å². The Morgan fingerprint density at radius 1 is 1.32 bits per heavy atom. The van der Waals surface area contributed by atoms with Crippen molar-refractivity contribution >= 4 is 11.5 Å². The van der Waals surface area contributed by atoms with Gasteiger partial charge in [-0.1, -0.05) is 19.9 Å². The molecule has 4 rings (SSSR count). The van der Waals surface area contributed by atoms with Crippen LogP contribution in [-0.2, 0) is 9.53 Å². The van der Waals surface area contributed by atoms with Gasteiger partial charge < -0.3 is 14.1 Å². The highest BCUT2D eigenvalue weighted by molar-refractivity contribution is 5.89. The standard InChI is InChI=1S/C16H19N3O3/c1-16(2)11-5-4-9(6-12(11)19(3)15(16)20)13-17-18-14(22-13)10-7-21-8-10/h4,6,10-11H,5,7-8H2,1-3H3. The van der Waals surface area contributed by atoms with Gasteiger partial charge in [0.1, 0.15) is 0 Å². The fourth-order valence-electron chi connectivity index (χ4n) is 3.42. The van der Waals surface area contributed by atoms with Crippen molar-refractivity contribution in [1.82, 2.24) is 15.1 Å². The number of aromatic nitrogens is 2. The molecular weight excluding hydrogens is 282 g/mol. The van der Waals surface area contributed by atoms with E-state index in [9.17, 15) is 4.79 Å². The SMILES string of the molecule is CN1C(=O)C(C)(C)C2CC=C(c3nnc(C4COC4)o3)C=C21. The van der Waals surface area contributed by atoms with Gasteiger partial charge in [-0.25, -0.2) is 0 Å². The number of carbonyl (C=O) groups excluding carboxylic acids is 1. The number of hydrogen-bond acceptors (Lipinski definition) is 5. The van der Waals surface area contributed by atoms with Crippen molar-refractivity contribution in [2.45, 2.75) is 26.2 Å². The molecule has 6 heteroatoms. The zero-order chi connectivity index (χ0) is 15.5. The van der Waals surface area contributed by atoms with E-state index >= 15 is 0 Å². The summed E-state index contributed by atoms with van der Waals surface area (Å²) in [5.74, 6) is 1.77. The molecule has 1 unspecified atom stereocenters. The average Bonchev–Trinajstić information content (AvgIpc) is 2.97. The van der Waals surface area contributed by atoms with Crippen molar-refractivity contribution in [3.05, 3.63) is 29.6 Å². The molecule has 1 aromatic rings. The lowest BCUT2D eigenvalue weighted by atomic mass is 9.76. The molecule has 2 aliphatic heterocycles. The van der Waals surface area contributed by atoms with Gasteiger partial charge in [-0.2, -0.15) is 0 Å². The Bertz CT molecular complexity index is 697. The molecule has 0 radical (unpaired) electrons. The summed E-state index contributed by atoms with van der Waals surface area (Å²) in [5.41, 5.74) is 1.59. The van der Waals surface area contributed by atoms with Crippen LogP contribution in [0.4, 0.5) is 0 Å². The minimum atomic E-state index is -0.355. The summed E-state index contributed by atoms with van der Waals surface area (Å²) in [5, 5.41) is 8.26. The summed E-state index contributed by atoms with van der Waals surface area (Å²) in [6.07, 6.45) is 4.92. The van der Waals surface area contributed by atoms with Crippen molar-refractivity contribution in [3.63, 3.8) is 0 Å². The maximum atomic E-state index is 12.4. The van der Waals surface area contributed by atoms with Crippen LogP contribution in [0.15, 0.2) is 22.3 Å². The van der Waals surface area contributed by atoms with Gasteiger partial charge in [0.15, 0.2) is 0 Å². The highest BCUT2D eigenvalue weighted by atomic mass is 16.5. The minimum Gasteiger partial charge on any atom is -0.420 e. The Morgan fingerprint density at radius 3 is 2.77 bits per heavy atom. The van der Waals surface area contributed by atoms with E-state index in [1.165, 1.54) is 0 Å². The fourth-order valence-corrected chi connectivity index (χ4v) is 3.42. The van der Waals surface area contributed by atoms with E-state index in [0.717, 1.165) is 17.7 Å².